The molecule has 3 N–H and O–H groups in total. The fourth-order valence-corrected chi connectivity index (χ4v) is 2.89. The number of carbonyl (C=O) groups is 1. The third kappa shape index (κ3) is 3.50. The van der Waals surface area contributed by atoms with Crippen molar-refractivity contribution in [3.63, 3.8) is 0 Å². The van der Waals surface area contributed by atoms with Crippen LogP contribution in [0.3, 0.4) is 0 Å². The Balaban J connectivity index is 2.19. The first-order valence-electron chi connectivity index (χ1n) is 7.02. The zero-order valence-electron chi connectivity index (χ0n) is 12.8. The Labute approximate surface area is 127 Å². The molecule has 2 heterocycles. The Morgan fingerprint density at radius 1 is 1.57 bits per heavy atom. The fraction of sp³-hybridized carbons (Fsp3) is 0.692. The van der Waals surface area contributed by atoms with Crippen molar-refractivity contribution in [1.82, 2.24) is 14.9 Å². The number of nitrogens with zero attached hydrogens (tertiary/aromatic N) is 1. The Bertz CT molecular complexity index is 512. The van der Waals surface area contributed by atoms with E-state index >= 15 is 0 Å². The van der Waals surface area contributed by atoms with E-state index in [-0.39, 0.29) is 16.5 Å². The van der Waals surface area contributed by atoms with Crippen LogP contribution >= 0.6 is 0 Å². The van der Waals surface area contributed by atoms with Crippen LogP contribution in [0.5, 0.6) is 0 Å². The summed E-state index contributed by atoms with van der Waals surface area (Å²) in [5.74, 6) is -0.458. The van der Waals surface area contributed by atoms with E-state index in [9.17, 15) is 9.35 Å². The number of aromatic amines is 1. The summed E-state index contributed by atoms with van der Waals surface area (Å²) in [6.45, 7) is 8.47. The maximum Gasteiger partial charge on any atom is 0.361 e. The topological polar surface area (TPSA) is 102 Å². The van der Waals surface area contributed by atoms with E-state index in [0.29, 0.717) is 18.8 Å². The predicted octanol–water partition coefficient (Wildman–Crippen LogP) is 1.49. The number of hydrogen-bond donors (Lipinski definition) is 3. The van der Waals surface area contributed by atoms with Crippen LogP contribution in [0.15, 0.2) is 0 Å². The number of aromatic nitrogens is 2. The van der Waals surface area contributed by atoms with Gasteiger partial charge in [-0.15, -0.1) is 4.72 Å². The highest BCUT2D eigenvalue weighted by Crippen LogP contribution is 2.32. The van der Waals surface area contributed by atoms with Crippen LogP contribution in [0.4, 0.5) is 5.69 Å². The number of hydrogen-bond acceptors (Lipinski definition) is 6. The van der Waals surface area contributed by atoms with Gasteiger partial charge < -0.3 is 14.6 Å². The quantitative estimate of drug-likeness (QED) is 0.575. The van der Waals surface area contributed by atoms with E-state index in [1.54, 1.807) is 6.92 Å². The molecule has 0 fully saturated rings. The second-order valence-electron chi connectivity index (χ2n) is 5.85. The molecule has 0 radical (unpaired) electrons. The summed E-state index contributed by atoms with van der Waals surface area (Å²) in [7, 11) is 0. The molecule has 0 saturated heterocycles. The Kier molecular flexibility index (Phi) is 4.80. The van der Waals surface area contributed by atoms with E-state index in [1.807, 2.05) is 20.8 Å². The van der Waals surface area contributed by atoms with E-state index in [4.69, 9.17) is 4.74 Å². The van der Waals surface area contributed by atoms with Crippen LogP contribution in [0, 0.1) is 0 Å². The van der Waals surface area contributed by atoms with Crippen molar-refractivity contribution in [2.75, 3.05) is 18.5 Å². The molecule has 21 heavy (non-hydrogen) atoms. The fourth-order valence-electron chi connectivity index (χ4n) is 2.04. The number of anilines is 1. The SMILES string of the molecule is CCOC(=O)c1n[nH]c2c1NCC[C@@H]2N[S+]([O-])C(C)(C)C. The lowest BCUT2D eigenvalue weighted by Gasteiger charge is -2.30. The lowest BCUT2D eigenvalue weighted by Crippen LogP contribution is -2.42. The van der Waals surface area contributed by atoms with Crippen LogP contribution in [-0.4, -0.2) is 38.6 Å². The molecule has 1 aliphatic heterocycles. The van der Waals surface area contributed by atoms with Gasteiger partial charge in [-0.25, -0.2) is 4.79 Å². The molecule has 1 unspecified atom stereocenters. The third-order valence-corrected chi connectivity index (χ3v) is 4.76. The van der Waals surface area contributed by atoms with Gasteiger partial charge in [-0.05, 0) is 34.1 Å². The number of fused-ring (bicyclic) bond motifs is 1. The highest BCUT2D eigenvalue weighted by Gasteiger charge is 2.34. The number of nitrogens with one attached hydrogen (secondary N) is 3. The maximum absolute atomic E-state index is 12.2. The Morgan fingerprint density at radius 2 is 2.29 bits per heavy atom. The molecule has 1 aliphatic rings. The normalized spacial score (nSPS) is 19.6. The molecule has 0 spiro atoms. The molecule has 0 bridgehead atoms. The zero-order chi connectivity index (χ0) is 15.6. The lowest BCUT2D eigenvalue weighted by atomic mass is 10.1. The lowest BCUT2D eigenvalue weighted by molar-refractivity contribution is 0.0520. The largest absolute Gasteiger partial charge is 0.598 e. The number of H-pyrrole nitrogens is 1. The first-order valence-corrected chi connectivity index (χ1v) is 8.17. The first-order chi connectivity index (χ1) is 9.84. The number of rotatable bonds is 4. The second kappa shape index (κ2) is 6.25. The van der Waals surface area contributed by atoms with Crippen LogP contribution < -0.4 is 10.0 Å². The van der Waals surface area contributed by atoms with Gasteiger partial charge >= 0.3 is 5.97 Å². The summed E-state index contributed by atoms with van der Waals surface area (Å²) in [5, 5.41) is 10.1. The average Bonchev–Trinajstić information content (AvgIpc) is 2.82. The number of carbonyl (C=O) groups excluding carboxylic acids is 1. The molecule has 2 rings (SSSR count). The van der Waals surface area contributed by atoms with Gasteiger partial charge in [0, 0.05) is 17.9 Å². The van der Waals surface area contributed by atoms with E-state index in [2.05, 4.69) is 20.2 Å². The van der Waals surface area contributed by atoms with Gasteiger partial charge in [-0.3, -0.25) is 5.10 Å². The third-order valence-electron chi connectivity index (χ3n) is 3.15. The average molecular weight is 314 g/mol. The first kappa shape index (κ1) is 16.1. The summed E-state index contributed by atoms with van der Waals surface area (Å²) in [6, 6.07) is -0.128. The second-order valence-corrected chi connectivity index (χ2v) is 7.85. The Morgan fingerprint density at radius 3 is 2.90 bits per heavy atom. The molecule has 1 aromatic rings. The summed E-state index contributed by atoms with van der Waals surface area (Å²) >= 11 is -1.19. The molecule has 0 aromatic carbocycles. The van der Waals surface area contributed by atoms with E-state index in [0.717, 1.165) is 12.1 Å². The van der Waals surface area contributed by atoms with Crippen molar-refractivity contribution in [2.24, 2.45) is 0 Å². The van der Waals surface area contributed by atoms with Gasteiger partial charge in [-0.2, -0.15) is 5.10 Å². The molecule has 118 valence electrons. The zero-order valence-corrected chi connectivity index (χ0v) is 13.6. The van der Waals surface area contributed by atoms with Gasteiger partial charge in [0.2, 0.25) is 0 Å². The van der Waals surface area contributed by atoms with Gasteiger partial charge in [-0.1, -0.05) is 0 Å². The van der Waals surface area contributed by atoms with Crippen molar-refractivity contribution < 1.29 is 14.1 Å². The number of esters is 1. The smallest absolute Gasteiger partial charge is 0.361 e. The predicted molar refractivity (Wildman–Crippen MR) is 81.4 cm³/mol. The van der Waals surface area contributed by atoms with Crippen molar-refractivity contribution in [1.29, 1.82) is 0 Å². The minimum atomic E-state index is -1.19. The standard InChI is InChI=1S/C13H22N4O3S/c1-5-20-12(18)11-10-9(15-16-11)8(6-7-14-10)17-21(19)13(2,3)4/h8,14,17H,5-7H2,1-4H3,(H,15,16)/t8-,21?/m0/s1. The summed E-state index contributed by atoms with van der Waals surface area (Å²) in [5.41, 5.74) is 1.64. The summed E-state index contributed by atoms with van der Waals surface area (Å²) < 4.78 is 20.0. The van der Waals surface area contributed by atoms with Crippen LogP contribution in [-0.2, 0) is 16.1 Å². The van der Waals surface area contributed by atoms with Crippen molar-refractivity contribution >= 4 is 23.0 Å². The Hall–Kier alpha value is -1.25. The van der Waals surface area contributed by atoms with Crippen molar-refractivity contribution in [3.05, 3.63) is 11.4 Å². The minimum absolute atomic E-state index is 0.128. The molecule has 0 saturated carbocycles. The van der Waals surface area contributed by atoms with Crippen LogP contribution in [0.25, 0.3) is 0 Å². The molecule has 1 aromatic heterocycles. The van der Waals surface area contributed by atoms with Crippen LogP contribution in [0.2, 0.25) is 0 Å². The highest BCUT2D eigenvalue weighted by molar-refractivity contribution is 7.90. The monoisotopic (exact) mass is 314 g/mol. The van der Waals surface area contributed by atoms with Gasteiger partial charge in [0.1, 0.15) is 4.75 Å². The summed E-state index contributed by atoms with van der Waals surface area (Å²) in [4.78, 5) is 11.8. The maximum atomic E-state index is 12.2. The minimum Gasteiger partial charge on any atom is -0.598 e. The molecular weight excluding hydrogens is 292 g/mol. The van der Waals surface area contributed by atoms with Crippen molar-refractivity contribution in [2.45, 2.75) is 44.9 Å². The molecule has 7 nitrogen and oxygen atoms in total. The number of ether oxygens (including phenoxy) is 1. The van der Waals surface area contributed by atoms with Crippen molar-refractivity contribution in [3.8, 4) is 0 Å². The van der Waals surface area contributed by atoms with E-state index in [1.165, 1.54) is 0 Å². The van der Waals surface area contributed by atoms with Gasteiger partial charge in [0.25, 0.3) is 0 Å². The van der Waals surface area contributed by atoms with Gasteiger partial charge in [0.15, 0.2) is 5.69 Å². The summed E-state index contributed by atoms with van der Waals surface area (Å²) in [6.07, 6.45) is 0.763. The van der Waals surface area contributed by atoms with Crippen LogP contribution in [0.1, 0.15) is 56.3 Å². The van der Waals surface area contributed by atoms with Gasteiger partial charge in [0.05, 0.1) is 24.0 Å². The highest BCUT2D eigenvalue weighted by atomic mass is 32.2. The van der Waals surface area contributed by atoms with E-state index < -0.39 is 17.3 Å². The molecule has 0 aliphatic carbocycles. The molecular formula is C13H22N4O3S. The molecule has 2 atom stereocenters. The molecule has 0 amide bonds. The molecule has 8 heteroatoms.